The van der Waals surface area contributed by atoms with E-state index in [4.69, 9.17) is 9.47 Å². The molecule has 0 aliphatic carbocycles. The van der Waals surface area contributed by atoms with E-state index in [9.17, 15) is 8.42 Å². The lowest BCUT2D eigenvalue weighted by Crippen LogP contribution is -2.33. The summed E-state index contributed by atoms with van der Waals surface area (Å²) in [7, 11) is -3.57. The van der Waals surface area contributed by atoms with Crippen LogP contribution in [0.2, 0.25) is 0 Å². The summed E-state index contributed by atoms with van der Waals surface area (Å²) in [6, 6.07) is 12.7. The van der Waals surface area contributed by atoms with Gasteiger partial charge in [0, 0.05) is 18.4 Å². The van der Waals surface area contributed by atoms with Crippen molar-refractivity contribution in [2.45, 2.75) is 18.2 Å². The van der Waals surface area contributed by atoms with Gasteiger partial charge in [0.2, 0.25) is 16.8 Å². The van der Waals surface area contributed by atoms with Crippen LogP contribution in [0.1, 0.15) is 11.1 Å². The number of allylic oxidation sites excluding steroid dienone is 1. The smallest absolute Gasteiger partial charge is 0.243 e. The molecule has 0 N–H and O–H groups in total. The van der Waals surface area contributed by atoms with Crippen LogP contribution in [0, 0.1) is 6.92 Å². The quantitative estimate of drug-likeness (QED) is 0.450. The lowest BCUT2D eigenvalue weighted by Gasteiger charge is -2.21. The van der Waals surface area contributed by atoms with Crippen molar-refractivity contribution in [3.05, 3.63) is 65.7 Å². The SMILES string of the molecule is Cc1ccc(S(=O)(=O)N(C/C=C/CBr)CCc2ccc3c(c2)OCO3)cc1. The second kappa shape index (κ2) is 8.91. The van der Waals surface area contributed by atoms with Crippen LogP contribution in [0.5, 0.6) is 11.5 Å². The van der Waals surface area contributed by atoms with Crippen LogP contribution >= 0.6 is 15.9 Å². The van der Waals surface area contributed by atoms with Gasteiger partial charge in [0.25, 0.3) is 0 Å². The molecule has 0 fully saturated rings. The Morgan fingerprint density at radius 2 is 1.81 bits per heavy atom. The summed E-state index contributed by atoms with van der Waals surface area (Å²) in [5.41, 5.74) is 2.04. The molecule has 1 aliphatic heterocycles. The predicted molar refractivity (Wildman–Crippen MR) is 109 cm³/mol. The Hall–Kier alpha value is -1.83. The van der Waals surface area contributed by atoms with E-state index in [1.165, 1.54) is 4.31 Å². The van der Waals surface area contributed by atoms with Crippen molar-refractivity contribution in [1.82, 2.24) is 4.31 Å². The normalized spacial score (nSPS) is 13.6. The van der Waals surface area contributed by atoms with Crippen molar-refractivity contribution in [2.24, 2.45) is 0 Å². The lowest BCUT2D eigenvalue weighted by molar-refractivity contribution is 0.174. The average Bonchev–Trinajstić information content (AvgIpc) is 3.12. The number of fused-ring (bicyclic) bond motifs is 1. The fourth-order valence-corrected chi connectivity index (χ4v) is 4.43. The monoisotopic (exact) mass is 451 g/mol. The molecule has 1 aliphatic rings. The number of ether oxygens (including phenoxy) is 2. The van der Waals surface area contributed by atoms with E-state index >= 15 is 0 Å². The van der Waals surface area contributed by atoms with Crippen molar-refractivity contribution in [2.75, 3.05) is 25.2 Å². The first kappa shape index (κ1) is 19.9. The lowest BCUT2D eigenvalue weighted by atomic mass is 10.1. The van der Waals surface area contributed by atoms with Crippen molar-refractivity contribution < 1.29 is 17.9 Å². The highest BCUT2D eigenvalue weighted by atomic mass is 79.9. The molecule has 2 aromatic carbocycles. The minimum atomic E-state index is -3.57. The highest BCUT2D eigenvalue weighted by Gasteiger charge is 2.23. The van der Waals surface area contributed by atoms with Crippen LogP contribution in [0.4, 0.5) is 0 Å². The maximum absolute atomic E-state index is 13.1. The maximum Gasteiger partial charge on any atom is 0.243 e. The zero-order chi connectivity index (χ0) is 19.3. The molecular weight excluding hydrogens is 430 g/mol. The molecule has 0 unspecified atom stereocenters. The van der Waals surface area contributed by atoms with Crippen LogP contribution < -0.4 is 9.47 Å². The number of hydrogen-bond acceptors (Lipinski definition) is 4. The summed E-state index contributed by atoms with van der Waals surface area (Å²) in [5.74, 6) is 1.43. The van der Waals surface area contributed by atoms with Gasteiger partial charge in [-0.15, -0.1) is 0 Å². The predicted octanol–water partition coefficient (Wildman–Crippen LogP) is 3.91. The molecule has 0 spiro atoms. The summed E-state index contributed by atoms with van der Waals surface area (Å²) in [6.07, 6.45) is 4.35. The molecule has 0 saturated carbocycles. The van der Waals surface area contributed by atoms with Gasteiger partial charge < -0.3 is 9.47 Å². The first-order chi connectivity index (χ1) is 13.0. The Kier molecular flexibility index (Phi) is 6.57. The molecular formula is C20H22BrNO4S. The number of nitrogens with zero attached hydrogens (tertiary/aromatic N) is 1. The third-order valence-electron chi connectivity index (χ3n) is 4.31. The first-order valence-corrected chi connectivity index (χ1v) is 11.2. The molecule has 1 heterocycles. The Bertz CT molecular complexity index is 910. The van der Waals surface area contributed by atoms with Gasteiger partial charge in [0.1, 0.15) is 0 Å². The average molecular weight is 452 g/mol. The van der Waals surface area contributed by atoms with E-state index in [0.29, 0.717) is 35.5 Å². The summed E-state index contributed by atoms with van der Waals surface area (Å²) >= 11 is 3.33. The second-order valence-corrected chi connectivity index (χ2v) is 8.82. The number of benzene rings is 2. The summed E-state index contributed by atoms with van der Waals surface area (Å²) in [5, 5.41) is 0.688. The second-order valence-electron chi connectivity index (χ2n) is 6.24. The standard InChI is InChI=1S/C20H22BrNO4S/c1-16-4-7-18(8-5-16)27(23,24)22(12-3-2-11-21)13-10-17-6-9-19-20(14-17)26-15-25-19/h2-9,14H,10-13,15H2,1H3/b3-2+. The molecule has 0 bridgehead atoms. The number of rotatable bonds is 8. The summed E-state index contributed by atoms with van der Waals surface area (Å²) in [4.78, 5) is 0.311. The molecule has 0 radical (unpaired) electrons. The van der Waals surface area contributed by atoms with Gasteiger partial charge in [0.05, 0.1) is 4.90 Å². The molecule has 2 aromatic rings. The molecule has 3 rings (SSSR count). The molecule has 0 atom stereocenters. The molecule has 5 nitrogen and oxygen atoms in total. The zero-order valence-electron chi connectivity index (χ0n) is 15.1. The third kappa shape index (κ3) is 4.91. The van der Waals surface area contributed by atoms with Crippen LogP contribution in [-0.4, -0.2) is 37.9 Å². The molecule has 27 heavy (non-hydrogen) atoms. The molecule has 0 amide bonds. The van der Waals surface area contributed by atoms with E-state index in [2.05, 4.69) is 15.9 Å². The van der Waals surface area contributed by atoms with E-state index in [1.54, 1.807) is 12.1 Å². The fourth-order valence-electron chi connectivity index (χ4n) is 2.77. The van der Waals surface area contributed by atoms with Crippen molar-refractivity contribution in [3.63, 3.8) is 0 Å². The Morgan fingerprint density at radius 3 is 2.56 bits per heavy atom. The molecule has 0 aromatic heterocycles. The number of sulfonamides is 1. The number of halogens is 1. The highest BCUT2D eigenvalue weighted by Crippen LogP contribution is 2.32. The minimum Gasteiger partial charge on any atom is -0.454 e. The summed E-state index contributed by atoms with van der Waals surface area (Å²) < 4.78 is 38.4. The molecule has 7 heteroatoms. The van der Waals surface area contributed by atoms with Gasteiger partial charge in [0.15, 0.2) is 11.5 Å². The Balaban J connectivity index is 1.78. The van der Waals surface area contributed by atoms with Gasteiger partial charge in [-0.25, -0.2) is 8.42 Å². The first-order valence-electron chi connectivity index (χ1n) is 8.67. The van der Waals surface area contributed by atoms with E-state index in [1.807, 2.05) is 49.4 Å². The van der Waals surface area contributed by atoms with Gasteiger partial charge in [-0.3, -0.25) is 0 Å². The highest BCUT2D eigenvalue weighted by molar-refractivity contribution is 9.09. The number of aryl methyl sites for hydroxylation is 1. The third-order valence-corrected chi connectivity index (χ3v) is 6.56. The zero-order valence-corrected chi connectivity index (χ0v) is 17.5. The van der Waals surface area contributed by atoms with Crippen LogP contribution in [0.3, 0.4) is 0 Å². The van der Waals surface area contributed by atoms with Crippen LogP contribution in [-0.2, 0) is 16.4 Å². The number of alkyl halides is 1. The Morgan fingerprint density at radius 1 is 1.07 bits per heavy atom. The van der Waals surface area contributed by atoms with Crippen LogP contribution in [0.25, 0.3) is 0 Å². The van der Waals surface area contributed by atoms with Crippen molar-refractivity contribution >= 4 is 26.0 Å². The van der Waals surface area contributed by atoms with Gasteiger partial charge >= 0.3 is 0 Å². The Labute approximate surface area is 168 Å². The van der Waals surface area contributed by atoms with Crippen molar-refractivity contribution in [3.8, 4) is 11.5 Å². The maximum atomic E-state index is 13.1. The van der Waals surface area contributed by atoms with E-state index in [-0.39, 0.29) is 6.79 Å². The molecule has 144 valence electrons. The fraction of sp³-hybridized carbons (Fsp3) is 0.300. The van der Waals surface area contributed by atoms with Gasteiger partial charge in [-0.05, 0) is 43.2 Å². The largest absolute Gasteiger partial charge is 0.454 e. The topological polar surface area (TPSA) is 55.8 Å². The minimum absolute atomic E-state index is 0.226. The number of hydrogen-bond donors (Lipinski definition) is 0. The van der Waals surface area contributed by atoms with Crippen LogP contribution in [0.15, 0.2) is 59.5 Å². The van der Waals surface area contributed by atoms with Gasteiger partial charge in [-0.2, -0.15) is 4.31 Å². The van der Waals surface area contributed by atoms with Gasteiger partial charge in [-0.1, -0.05) is 51.8 Å². The summed E-state index contributed by atoms with van der Waals surface area (Å²) in [6.45, 7) is 2.87. The van der Waals surface area contributed by atoms with E-state index < -0.39 is 10.0 Å². The van der Waals surface area contributed by atoms with E-state index in [0.717, 1.165) is 16.9 Å². The molecule has 0 saturated heterocycles. The van der Waals surface area contributed by atoms with Crippen molar-refractivity contribution in [1.29, 1.82) is 0 Å².